The number of carbonyl (C=O) groups is 2. The first-order chi connectivity index (χ1) is 7.04. The van der Waals surface area contributed by atoms with Crippen molar-refractivity contribution < 1.29 is 19.4 Å². The van der Waals surface area contributed by atoms with Crippen LogP contribution < -0.4 is 0 Å². The fourth-order valence-electron chi connectivity index (χ4n) is 1.97. The molecule has 0 heterocycles. The molecule has 0 saturated heterocycles. The zero-order valence-electron chi connectivity index (χ0n) is 9.03. The molecule has 84 valence electrons. The molecular weight excluding hydrogens is 196 g/mol. The molecule has 0 spiro atoms. The zero-order valence-corrected chi connectivity index (χ0v) is 9.03. The summed E-state index contributed by atoms with van der Waals surface area (Å²) in [6.45, 7) is 1.88. The van der Waals surface area contributed by atoms with Crippen LogP contribution in [-0.2, 0) is 14.3 Å². The van der Waals surface area contributed by atoms with Gasteiger partial charge in [0.1, 0.15) is 5.76 Å². The summed E-state index contributed by atoms with van der Waals surface area (Å²) >= 11 is 0. The highest BCUT2D eigenvalue weighted by molar-refractivity contribution is 5.91. The number of aliphatic carboxylic acids is 1. The summed E-state index contributed by atoms with van der Waals surface area (Å²) in [5.41, 5.74) is 0. The Morgan fingerprint density at radius 1 is 1.73 bits per heavy atom. The maximum Gasteiger partial charge on any atom is 0.303 e. The van der Waals surface area contributed by atoms with Gasteiger partial charge < -0.3 is 9.84 Å². The second-order valence-corrected chi connectivity index (χ2v) is 3.94. The predicted molar refractivity (Wildman–Crippen MR) is 54.2 cm³/mol. The largest absolute Gasteiger partial charge is 0.501 e. The first kappa shape index (κ1) is 11.8. The molecule has 4 heteroatoms. The highest BCUT2D eigenvalue weighted by Gasteiger charge is 2.28. The van der Waals surface area contributed by atoms with Crippen molar-refractivity contribution >= 4 is 11.8 Å². The lowest BCUT2D eigenvalue weighted by atomic mass is 9.82. The molecule has 0 amide bonds. The Kier molecular flexibility index (Phi) is 3.88. The van der Waals surface area contributed by atoms with E-state index in [0.717, 1.165) is 0 Å². The summed E-state index contributed by atoms with van der Waals surface area (Å²) in [5.74, 6) is -0.0638. The molecule has 2 atom stereocenters. The number of hydrogen-bond acceptors (Lipinski definition) is 3. The van der Waals surface area contributed by atoms with E-state index in [1.165, 1.54) is 13.2 Å². The molecule has 1 aliphatic carbocycles. The maximum atomic E-state index is 11.2. The van der Waals surface area contributed by atoms with Crippen molar-refractivity contribution in [3.63, 3.8) is 0 Å². The average molecular weight is 212 g/mol. The van der Waals surface area contributed by atoms with E-state index in [0.29, 0.717) is 18.6 Å². The Bertz CT molecular complexity index is 293. The first-order valence-electron chi connectivity index (χ1n) is 5.04. The van der Waals surface area contributed by atoms with E-state index in [4.69, 9.17) is 9.84 Å². The number of methoxy groups -OCH3 is 1. The zero-order chi connectivity index (χ0) is 11.4. The molecule has 15 heavy (non-hydrogen) atoms. The van der Waals surface area contributed by atoms with Crippen LogP contribution in [0.15, 0.2) is 11.8 Å². The number of ketones is 1. The Hall–Kier alpha value is -1.32. The average Bonchev–Trinajstić information content (AvgIpc) is 2.16. The number of hydrogen-bond donors (Lipinski definition) is 1. The van der Waals surface area contributed by atoms with Gasteiger partial charge in [0.15, 0.2) is 5.78 Å². The van der Waals surface area contributed by atoms with Gasteiger partial charge >= 0.3 is 5.97 Å². The quantitative estimate of drug-likeness (QED) is 0.768. The second-order valence-electron chi connectivity index (χ2n) is 3.94. The van der Waals surface area contributed by atoms with Crippen LogP contribution in [0.3, 0.4) is 0 Å². The SMILES string of the molecule is COC1=CC(=O)CCC1C(C)CC(=O)O. The fourth-order valence-corrected chi connectivity index (χ4v) is 1.97. The Morgan fingerprint density at radius 3 is 2.93 bits per heavy atom. The topological polar surface area (TPSA) is 63.6 Å². The lowest BCUT2D eigenvalue weighted by Gasteiger charge is -2.27. The first-order valence-corrected chi connectivity index (χ1v) is 5.04. The second kappa shape index (κ2) is 4.96. The van der Waals surface area contributed by atoms with Gasteiger partial charge in [-0.25, -0.2) is 0 Å². The fraction of sp³-hybridized carbons (Fsp3) is 0.636. The molecule has 0 bridgehead atoms. The lowest BCUT2D eigenvalue weighted by Crippen LogP contribution is -2.23. The van der Waals surface area contributed by atoms with Crippen LogP contribution in [0.5, 0.6) is 0 Å². The number of carboxylic acid groups (broad SMARTS) is 1. The van der Waals surface area contributed by atoms with E-state index >= 15 is 0 Å². The van der Waals surface area contributed by atoms with E-state index in [2.05, 4.69) is 0 Å². The monoisotopic (exact) mass is 212 g/mol. The van der Waals surface area contributed by atoms with Crippen LogP contribution in [0.1, 0.15) is 26.2 Å². The van der Waals surface area contributed by atoms with E-state index in [1.807, 2.05) is 6.92 Å². The van der Waals surface area contributed by atoms with Crippen LogP contribution in [0, 0.1) is 11.8 Å². The predicted octanol–water partition coefficient (Wildman–Crippen LogP) is 1.61. The highest BCUT2D eigenvalue weighted by Crippen LogP contribution is 2.31. The maximum absolute atomic E-state index is 11.2. The van der Waals surface area contributed by atoms with Gasteiger partial charge in [-0.15, -0.1) is 0 Å². The molecule has 1 rings (SSSR count). The molecule has 0 aromatic heterocycles. The van der Waals surface area contributed by atoms with Gasteiger partial charge in [0.05, 0.1) is 7.11 Å². The van der Waals surface area contributed by atoms with Crippen molar-refractivity contribution in [1.82, 2.24) is 0 Å². The highest BCUT2D eigenvalue weighted by atomic mass is 16.5. The van der Waals surface area contributed by atoms with Crippen molar-refractivity contribution in [2.45, 2.75) is 26.2 Å². The van der Waals surface area contributed by atoms with E-state index < -0.39 is 5.97 Å². The van der Waals surface area contributed by atoms with E-state index in [-0.39, 0.29) is 24.0 Å². The molecule has 0 aromatic rings. The Balaban J connectivity index is 2.72. The van der Waals surface area contributed by atoms with Gasteiger partial charge in [-0.2, -0.15) is 0 Å². The van der Waals surface area contributed by atoms with Crippen LogP contribution in [0.25, 0.3) is 0 Å². The summed E-state index contributed by atoms with van der Waals surface area (Å²) < 4.78 is 5.12. The van der Waals surface area contributed by atoms with Gasteiger partial charge in [0, 0.05) is 24.8 Å². The van der Waals surface area contributed by atoms with Crippen LogP contribution >= 0.6 is 0 Å². The van der Waals surface area contributed by atoms with Crippen LogP contribution in [-0.4, -0.2) is 24.0 Å². The van der Waals surface area contributed by atoms with Crippen molar-refractivity contribution in [2.75, 3.05) is 7.11 Å². The summed E-state index contributed by atoms with van der Waals surface area (Å²) in [7, 11) is 1.52. The minimum absolute atomic E-state index is 0.00167. The molecule has 0 radical (unpaired) electrons. The summed E-state index contributed by atoms with van der Waals surface area (Å²) in [6.07, 6.45) is 2.78. The smallest absolute Gasteiger partial charge is 0.303 e. The van der Waals surface area contributed by atoms with Gasteiger partial charge in [0.2, 0.25) is 0 Å². The van der Waals surface area contributed by atoms with Crippen molar-refractivity contribution in [3.8, 4) is 0 Å². The van der Waals surface area contributed by atoms with E-state index in [9.17, 15) is 9.59 Å². The Morgan fingerprint density at radius 2 is 2.40 bits per heavy atom. The Labute approximate surface area is 88.9 Å². The molecule has 4 nitrogen and oxygen atoms in total. The molecule has 0 aromatic carbocycles. The van der Waals surface area contributed by atoms with Crippen molar-refractivity contribution in [2.24, 2.45) is 11.8 Å². The van der Waals surface area contributed by atoms with Crippen LogP contribution in [0.2, 0.25) is 0 Å². The summed E-state index contributed by atoms with van der Waals surface area (Å²) in [6, 6.07) is 0. The normalized spacial score (nSPS) is 23.2. The molecule has 1 N–H and O–H groups in total. The van der Waals surface area contributed by atoms with Crippen molar-refractivity contribution in [3.05, 3.63) is 11.8 Å². The van der Waals surface area contributed by atoms with Crippen LogP contribution in [0.4, 0.5) is 0 Å². The molecular formula is C11H16O4. The van der Waals surface area contributed by atoms with Gasteiger partial charge in [-0.05, 0) is 12.3 Å². The molecule has 0 fully saturated rings. The minimum Gasteiger partial charge on any atom is -0.501 e. The minimum atomic E-state index is -0.810. The summed E-state index contributed by atoms with van der Waals surface area (Å²) in [4.78, 5) is 21.7. The summed E-state index contributed by atoms with van der Waals surface area (Å²) in [5, 5.41) is 8.70. The lowest BCUT2D eigenvalue weighted by molar-refractivity contribution is -0.138. The third-order valence-electron chi connectivity index (χ3n) is 2.79. The van der Waals surface area contributed by atoms with Gasteiger partial charge in [0.25, 0.3) is 0 Å². The number of carboxylic acids is 1. The molecule has 0 aliphatic heterocycles. The number of rotatable bonds is 4. The number of ether oxygens (including phenoxy) is 1. The molecule has 1 aliphatic rings. The van der Waals surface area contributed by atoms with Crippen molar-refractivity contribution in [1.29, 1.82) is 0 Å². The van der Waals surface area contributed by atoms with E-state index in [1.54, 1.807) is 0 Å². The molecule has 0 saturated carbocycles. The van der Waals surface area contributed by atoms with Gasteiger partial charge in [-0.3, -0.25) is 9.59 Å². The third kappa shape index (κ3) is 3.08. The number of allylic oxidation sites excluding steroid dienone is 2. The standard InChI is InChI=1S/C11H16O4/c1-7(5-11(13)14)9-4-3-8(12)6-10(9)15-2/h6-7,9H,3-5H2,1-2H3,(H,13,14). The third-order valence-corrected chi connectivity index (χ3v) is 2.79. The number of carbonyl (C=O) groups excluding carboxylic acids is 1. The molecule has 2 unspecified atom stereocenters. The van der Waals surface area contributed by atoms with Gasteiger partial charge in [-0.1, -0.05) is 6.92 Å².